The average molecular weight is 693 g/mol. The number of oxazole rings is 1. The average Bonchev–Trinajstić information content (AvgIpc) is 3.86. The number of benzene rings is 8. The maximum absolute atomic E-state index is 6.73. The standard InChI is InChI=1S/C48H28N4O2/c1-4-13-29(14-5-1)33-25-26-36(35-21-11-10-20-34(33)35)46-50-45(31-15-6-2-7-16-31)51-47(52-46)38-22-12-19-30-23-24-37-42-40(53-43(37)41(30)38)28-27-39-44(42)54-48(49-39)32-17-8-3-9-18-32/h1-28H. The lowest BCUT2D eigenvalue weighted by Crippen LogP contribution is -2.01. The lowest BCUT2D eigenvalue weighted by molar-refractivity contribution is 0.622. The molecule has 0 atom stereocenters. The van der Waals surface area contributed by atoms with Crippen molar-refractivity contribution >= 4 is 54.6 Å². The predicted octanol–water partition coefficient (Wildman–Crippen LogP) is 12.6. The highest BCUT2D eigenvalue weighted by Crippen LogP contribution is 2.42. The molecule has 3 heterocycles. The van der Waals surface area contributed by atoms with Crippen LogP contribution in [0.1, 0.15) is 0 Å². The van der Waals surface area contributed by atoms with Crippen LogP contribution in [-0.2, 0) is 0 Å². The number of fused-ring (bicyclic) bond motifs is 8. The summed E-state index contributed by atoms with van der Waals surface area (Å²) >= 11 is 0. The van der Waals surface area contributed by atoms with E-state index in [0.717, 1.165) is 82.4 Å². The van der Waals surface area contributed by atoms with Gasteiger partial charge in [-0.3, -0.25) is 0 Å². The number of rotatable bonds is 5. The molecule has 0 N–H and O–H groups in total. The SMILES string of the molecule is c1ccc(-c2nc(-c3ccc(-c4ccccc4)c4ccccc34)nc(-c3cccc4ccc5c(oc6ccc7nc(-c8ccccc8)oc7c65)c34)n2)cc1. The van der Waals surface area contributed by atoms with E-state index in [1.54, 1.807) is 0 Å². The molecule has 11 rings (SSSR count). The van der Waals surface area contributed by atoms with Crippen LogP contribution < -0.4 is 0 Å². The van der Waals surface area contributed by atoms with E-state index in [4.69, 9.17) is 28.8 Å². The molecule has 0 aliphatic carbocycles. The topological polar surface area (TPSA) is 77.8 Å². The predicted molar refractivity (Wildman–Crippen MR) is 217 cm³/mol. The molecule has 0 unspecified atom stereocenters. The van der Waals surface area contributed by atoms with Gasteiger partial charge in [0.2, 0.25) is 5.89 Å². The summed E-state index contributed by atoms with van der Waals surface area (Å²) in [7, 11) is 0. The second kappa shape index (κ2) is 12.1. The highest BCUT2D eigenvalue weighted by Gasteiger charge is 2.22. The second-order valence-electron chi connectivity index (χ2n) is 13.4. The van der Waals surface area contributed by atoms with E-state index in [1.807, 2.05) is 84.9 Å². The molecule has 11 aromatic rings. The Hall–Kier alpha value is -7.44. The van der Waals surface area contributed by atoms with E-state index in [1.165, 1.54) is 0 Å². The van der Waals surface area contributed by atoms with E-state index in [9.17, 15) is 0 Å². The number of furan rings is 1. The van der Waals surface area contributed by atoms with Crippen molar-refractivity contribution in [3.8, 4) is 56.7 Å². The van der Waals surface area contributed by atoms with Crippen LogP contribution in [0.2, 0.25) is 0 Å². The summed E-state index contributed by atoms with van der Waals surface area (Å²) in [5.74, 6) is 2.33. The fourth-order valence-electron chi connectivity index (χ4n) is 7.66. The number of hydrogen-bond acceptors (Lipinski definition) is 6. The molecule has 0 aliphatic rings. The molecule has 3 aromatic heterocycles. The summed E-state index contributed by atoms with van der Waals surface area (Å²) in [4.78, 5) is 20.4. The number of nitrogens with zero attached hydrogens (tertiary/aromatic N) is 4. The molecule has 0 aliphatic heterocycles. The van der Waals surface area contributed by atoms with Gasteiger partial charge < -0.3 is 8.83 Å². The normalized spacial score (nSPS) is 11.7. The van der Waals surface area contributed by atoms with Gasteiger partial charge in [0.1, 0.15) is 16.7 Å². The lowest BCUT2D eigenvalue weighted by Gasteiger charge is -2.13. The monoisotopic (exact) mass is 692 g/mol. The van der Waals surface area contributed by atoms with Gasteiger partial charge in [-0.25, -0.2) is 19.9 Å². The van der Waals surface area contributed by atoms with Gasteiger partial charge in [0.25, 0.3) is 0 Å². The third-order valence-corrected chi connectivity index (χ3v) is 10.2. The fourth-order valence-corrected chi connectivity index (χ4v) is 7.66. The number of hydrogen-bond donors (Lipinski definition) is 0. The maximum atomic E-state index is 6.73. The van der Waals surface area contributed by atoms with Crippen molar-refractivity contribution in [1.29, 1.82) is 0 Å². The molecule has 0 bridgehead atoms. The molecule has 0 amide bonds. The molecule has 0 saturated carbocycles. The molecular formula is C48H28N4O2. The van der Waals surface area contributed by atoms with Crippen molar-refractivity contribution in [3.05, 3.63) is 170 Å². The first-order valence-corrected chi connectivity index (χ1v) is 17.9. The third-order valence-electron chi connectivity index (χ3n) is 10.2. The quantitative estimate of drug-likeness (QED) is 0.179. The van der Waals surface area contributed by atoms with Crippen LogP contribution in [0.25, 0.3) is 111 Å². The van der Waals surface area contributed by atoms with Crippen molar-refractivity contribution in [2.45, 2.75) is 0 Å². The largest absolute Gasteiger partial charge is 0.455 e. The van der Waals surface area contributed by atoms with Gasteiger partial charge in [-0.1, -0.05) is 133 Å². The summed E-state index contributed by atoms with van der Waals surface area (Å²) < 4.78 is 13.2. The van der Waals surface area contributed by atoms with Gasteiger partial charge in [0.05, 0.1) is 5.39 Å². The molecule has 0 radical (unpaired) electrons. The van der Waals surface area contributed by atoms with Crippen LogP contribution in [0, 0.1) is 0 Å². The minimum Gasteiger partial charge on any atom is -0.455 e. The summed E-state index contributed by atoms with van der Waals surface area (Å²) in [6.45, 7) is 0. The Morgan fingerprint density at radius 3 is 1.72 bits per heavy atom. The van der Waals surface area contributed by atoms with Crippen LogP contribution in [0.5, 0.6) is 0 Å². The van der Waals surface area contributed by atoms with Crippen LogP contribution in [0.15, 0.2) is 179 Å². The second-order valence-corrected chi connectivity index (χ2v) is 13.4. The first-order chi connectivity index (χ1) is 26.8. The minimum atomic E-state index is 0.560. The van der Waals surface area contributed by atoms with Gasteiger partial charge in [0.15, 0.2) is 23.1 Å². The van der Waals surface area contributed by atoms with E-state index in [-0.39, 0.29) is 0 Å². The molecular weight excluding hydrogens is 665 g/mol. The lowest BCUT2D eigenvalue weighted by atomic mass is 9.94. The summed E-state index contributed by atoms with van der Waals surface area (Å²) in [5.41, 5.74) is 8.86. The first-order valence-electron chi connectivity index (χ1n) is 17.9. The van der Waals surface area contributed by atoms with Crippen molar-refractivity contribution in [3.63, 3.8) is 0 Å². The molecule has 8 aromatic carbocycles. The number of aromatic nitrogens is 4. The van der Waals surface area contributed by atoms with Crippen LogP contribution in [0.4, 0.5) is 0 Å². The van der Waals surface area contributed by atoms with Gasteiger partial charge >= 0.3 is 0 Å². The Bertz CT molecular complexity index is 3210. The Morgan fingerprint density at radius 1 is 0.333 bits per heavy atom. The highest BCUT2D eigenvalue weighted by molar-refractivity contribution is 6.23. The fraction of sp³-hybridized carbons (Fsp3) is 0. The van der Waals surface area contributed by atoms with Crippen molar-refractivity contribution in [2.75, 3.05) is 0 Å². The van der Waals surface area contributed by atoms with E-state index in [2.05, 4.69) is 84.9 Å². The van der Waals surface area contributed by atoms with Crippen LogP contribution >= 0.6 is 0 Å². The van der Waals surface area contributed by atoms with Gasteiger partial charge in [-0.2, -0.15) is 0 Å². The molecule has 252 valence electrons. The summed E-state index contributed by atoms with van der Waals surface area (Å²) in [5, 5.41) is 5.96. The Morgan fingerprint density at radius 2 is 0.963 bits per heavy atom. The minimum absolute atomic E-state index is 0.560. The smallest absolute Gasteiger partial charge is 0.227 e. The molecule has 54 heavy (non-hydrogen) atoms. The molecule has 6 heteroatoms. The van der Waals surface area contributed by atoms with E-state index < -0.39 is 0 Å². The Kier molecular flexibility index (Phi) is 6.75. The molecule has 6 nitrogen and oxygen atoms in total. The Labute approximate surface area is 309 Å². The van der Waals surface area contributed by atoms with Crippen molar-refractivity contribution < 1.29 is 8.83 Å². The van der Waals surface area contributed by atoms with Gasteiger partial charge in [0, 0.05) is 33.0 Å². The van der Waals surface area contributed by atoms with E-state index >= 15 is 0 Å². The highest BCUT2D eigenvalue weighted by atomic mass is 16.4. The summed E-state index contributed by atoms with van der Waals surface area (Å²) in [6.07, 6.45) is 0. The Balaban J connectivity index is 1.16. The van der Waals surface area contributed by atoms with Crippen molar-refractivity contribution in [2.24, 2.45) is 0 Å². The molecule has 0 spiro atoms. The third kappa shape index (κ3) is 4.81. The van der Waals surface area contributed by atoms with Crippen molar-refractivity contribution in [1.82, 2.24) is 19.9 Å². The first kappa shape index (κ1) is 30.2. The van der Waals surface area contributed by atoms with Crippen LogP contribution in [0.3, 0.4) is 0 Å². The van der Waals surface area contributed by atoms with Gasteiger partial charge in [-0.15, -0.1) is 0 Å². The maximum Gasteiger partial charge on any atom is 0.227 e. The molecule has 0 saturated heterocycles. The zero-order chi connectivity index (χ0) is 35.6. The molecule has 0 fully saturated rings. The van der Waals surface area contributed by atoms with Gasteiger partial charge in [-0.05, 0) is 63.7 Å². The zero-order valence-corrected chi connectivity index (χ0v) is 28.8. The summed E-state index contributed by atoms with van der Waals surface area (Å²) in [6, 6.07) is 57.6. The van der Waals surface area contributed by atoms with Crippen LogP contribution in [-0.4, -0.2) is 19.9 Å². The zero-order valence-electron chi connectivity index (χ0n) is 28.8. The van der Waals surface area contributed by atoms with E-state index in [0.29, 0.717) is 28.9 Å².